The highest BCUT2D eigenvalue weighted by molar-refractivity contribution is 6.03. The van der Waals surface area contributed by atoms with Crippen LogP contribution >= 0.6 is 0 Å². The highest BCUT2D eigenvalue weighted by atomic mass is 16.2. The van der Waals surface area contributed by atoms with Crippen molar-refractivity contribution in [3.05, 3.63) is 35.9 Å². The molecule has 0 saturated carbocycles. The molecule has 1 N–H and O–H groups in total. The van der Waals surface area contributed by atoms with Crippen LogP contribution in [0.1, 0.15) is 19.4 Å². The number of benzene rings is 1. The summed E-state index contributed by atoms with van der Waals surface area (Å²) in [5, 5.41) is 2.29. The van der Waals surface area contributed by atoms with Crippen molar-refractivity contribution in [3.8, 4) is 0 Å². The third-order valence-corrected chi connectivity index (χ3v) is 3.54. The predicted octanol–water partition coefficient (Wildman–Crippen LogP) is 0.535. The van der Waals surface area contributed by atoms with Crippen molar-refractivity contribution in [3.63, 3.8) is 0 Å². The van der Waals surface area contributed by atoms with E-state index in [4.69, 9.17) is 0 Å². The van der Waals surface area contributed by atoms with Gasteiger partial charge in [0.2, 0.25) is 11.8 Å². The van der Waals surface area contributed by atoms with E-state index in [0.717, 1.165) is 5.56 Å². The van der Waals surface area contributed by atoms with Crippen molar-refractivity contribution in [1.29, 1.82) is 0 Å². The molecule has 1 aliphatic rings. The lowest BCUT2D eigenvalue weighted by Gasteiger charge is -2.39. The van der Waals surface area contributed by atoms with E-state index in [2.05, 4.69) is 5.32 Å². The van der Waals surface area contributed by atoms with Gasteiger partial charge in [-0.05, 0) is 19.4 Å². The van der Waals surface area contributed by atoms with Gasteiger partial charge in [-0.1, -0.05) is 30.3 Å². The Labute approximate surface area is 118 Å². The number of amides is 2. The van der Waals surface area contributed by atoms with Crippen LogP contribution in [0.4, 0.5) is 0 Å². The minimum atomic E-state index is -0.847. The monoisotopic (exact) mass is 274 g/mol. The zero-order valence-corrected chi connectivity index (χ0v) is 11.7. The summed E-state index contributed by atoms with van der Waals surface area (Å²) in [6.07, 6.45) is 0.309. The average molecular weight is 274 g/mol. The maximum atomic E-state index is 12.1. The number of nitrogens with one attached hydrogen (secondary N) is 1. The Balaban J connectivity index is 2.03. The first kappa shape index (κ1) is 14.4. The Morgan fingerprint density at radius 2 is 1.90 bits per heavy atom. The number of hydrogen-bond acceptors (Lipinski definition) is 4. The summed E-state index contributed by atoms with van der Waals surface area (Å²) in [7, 11) is 0. The van der Waals surface area contributed by atoms with Gasteiger partial charge in [-0.15, -0.1) is 0 Å². The topological polar surface area (TPSA) is 66.5 Å². The largest absolute Gasteiger partial charge is 0.298 e. The van der Waals surface area contributed by atoms with E-state index in [0.29, 0.717) is 6.42 Å². The number of carbonyl (C=O) groups is 3. The summed E-state index contributed by atoms with van der Waals surface area (Å²) >= 11 is 0. The number of ketones is 1. The quantitative estimate of drug-likeness (QED) is 0.814. The van der Waals surface area contributed by atoms with Gasteiger partial charge >= 0.3 is 0 Å². The fourth-order valence-corrected chi connectivity index (χ4v) is 2.18. The Bertz CT molecular complexity index is 537. The molecule has 2 amide bonds. The van der Waals surface area contributed by atoms with Gasteiger partial charge in [-0.3, -0.25) is 24.6 Å². The standard InChI is InChI=1S/C15H18N2O3/c1-15(2)14(20)16-13(19)10-17(15)9-12(18)8-11-6-4-3-5-7-11/h3-7H,8-10H2,1-2H3,(H,16,19,20). The zero-order chi connectivity index (χ0) is 14.8. The molecular weight excluding hydrogens is 256 g/mol. The summed E-state index contributed by atoms with van der Waals surface area (Å²) in [6.45, 7) is 3.59. The van der Waals surface area contributed by atoms with Crippen LogP contribution in [0.25, 0.3) is 0 Å². The molecular formula is C15H18N2O3. The Morgan fingerprint density at radius 1 is 1.25 bits per heavy atom. The molecule has 0 bridgehead atoms. The molecule has 1 fully saturated rings. The number of hydrogen-bond donors (Lipinski definition) is 1. The van der Waals surface area contributed by atoms with E-state index in [-0.39, 0.29) is 30.7 Å². The van der Waals surface area contributed by atoms with E-state index in [1.807, 2.05) is 30.3 Å². The van der Waals surface area contributed by atoms with Crippen LogP contribution in [0.2, 0.25) is 0 Å². The summed E-state index contributed by atoms with van der Waals surface area (Å²) in [5.41, 5.74) is 0.0865. The van der Waals surface area contributed by atoms with Gasteiger partial charge in [0.05, 0.1) is 18.6 Å². The minimum Gasteiger partial charge on any atom is -0.298 e. The van der Waals surface area contributed by atoms with Gasteiger partial charge < -0.3 is 0 Å². The molecule has 0 atom stereocenters. The Morgan fingerprint density at radius 3 is 2.55 bits per heavy atom. The van der Waals surface area contributed by atoms with Crippen LogP contribution in [0.5, 0.6) is 0 Å². The maximum absolute atomic E-state index is 12.1. The molecule has 0 aromatic heterocycles. The van der Waals surface area contributed by atoms with Crippen molar-refractivity contribution in [2.24, 2.45) is 0 Å². The van der Waals surface area contributed by atoms with Crippen LogP contribution in [-0.4, -0.2) is 41.1 Å². The van der Waals surface area contributed by atoms with Crippen LogP contribution in [0.3, 0.4) is 0 Å². The van der Waals surface area contributed by atoms with Crippen molar-refractivity contribution in [1.82, 2.24) is 10.2 Å². The van der Waals surface area contributed by atoms with Crippen LogP contribution in [-0.2, 0) is 20.8 Å². The smallest absolute Gasteiger partial charge is 0.246 e. The molecule has 5 nitrogen and oxygen atoms in total. The molecule has 1 aliphatic heterocycles. The second-order valence-corrected chi connectivity index (χ2v) is 5.49. The number of Topliss-reactive ketones (excluding diaryl/α,β-unsaturated/α-hetero) is 1. The van der Waals surface area contributed by atoms with Crippen LogP contribution in [0.15, 0.2) is 30.3 Å². The first-order valence-electron chi connectivity index (χ1n) is 6.54. The van der Waals surface area contributed by atoms with Crippen molar-refractivity contribution < 1.29 is 14.4 Å². The van der Waals surface area contributed by atoms with E-state index in [1.54, 1.807) is 18.7 Å². The van der Waals surface area contributed by atoms with E-state index >= 15 is 0 Å². The molecule has 1 heterocycles. The van der Waals surface area contributed by atoms with Crippen molar-refractivity contribution in [2.45, 2.75) is 25.8 Å². The number of nitrogens with zero attached hydrogens (tertiary/aromatic N) is 1. The Kier molecular flexibility index (Phi) is 3.99. The third-order valence-electron chi connectivity index (χ3n) is 3.54. The maximum Gasteiger partial charge on any atom is 0.246 e. The average Bonchev–Trinajstić information content (AvgIpc) is 2.37. The summed E-state index contributed by atoms with van der Waals surface area (Å²) in [5.74, 6) is -0.727. The van der Waals surface area contributed by atoms with Crippen LogP contribution in [0, 0.1) is 0 Å². The molecule has 0 aliphatic carbocycles. The molecule has 106 valence electrons. The minimum absolute atomic E-state index is 0.00762. The van der Waals surface area contributed by atoms with Gasteiger partial charge in [0, 0.05) is 6.42 Å². The van der Waals surface area contributed by atoms with Crippen molar-refractivity contribution >= 4 is 17.6 Å². The molecule has 0 spiro atoms. The van der Waals surface area contributed by atoms with Crippen molar-refractivity contribution in [2.75, 3.05) is 13.1 Å². The zero-order valence-electron chi connectivity index (χ0n) is 11.7. The molecule has 1 aromatic rings. The lowest BCUT2D eigenvalue weighted by Crippen LogP contribution is -2.64. The third kappa shape index (κ3) is 3.11. The van der Waals surface area contributed by atoms with E-state index < -0.39 is 5.54 Å². The van der Waals surface area contributed by atoms with Gasteiger partial charge in [0.15, 0.2) is 5.78 Å². The first-order chi connectivity index (χ1) is 9.39. The number of imide groups is 1. The van der Waals surface area contributed by atoms with Gasteiger partial charge in [0.1, 0.15) is 0 Å². The number of piperazine rings is 1. The SMILES string of the molecule is CC1(C)C(=O)NC(=O)CN1CC(=O)Cc1ccccc1. The van der Waals surface area contributed by atoms with E-state index in [1.165, 1.54) is 0 Å². The summed E-state index contributed by atoms with van der Waals surface area (Å²) in [4.78, 5) is 36.9. The fourth-order valence-electron chi connectivity index (χ4n) is 2.18. The second kappa shape index (κ2) is 5.54. The molecule has 0 radical (unpaired) electrons. The molecule has 5 heteroatoms. The molecule has 1 aromatic carbocycles. The fraction of sp³-hybridized carbons (Fsp3) is 0.400. The molecule has 0 unspecified atom stereocenters. The highest BCUT2D eigenvalue weighted by Gasteiger charge is 2.41. The van der Waals surface area contributed by atoms with E-state index in [9.17, 15) is 14.4 Å². The molecule has 20 heavy (non-hydrogen) atoms. The van der Waals surface area contributed by atoms with Gasteiger partial charge in [-0.2, -0.15) is 0 Å². The lowest BCUT2D eigenvalue weighted by molar-refractivity contribution is -0.146. The predicted molar refractivity (Wildman–Crippen MR) is 74.0 cm³/mol. The number of carbonyl (C=O) groups excluding carboxylic acids is 3. The number of rotatable bonds is 4. The van der Waals surface area contributed by atoms with Gasteiger partial charge in [0.25, 0.3) is 0 Å². The Hall–Kier alpha value is -2.01. The van der Waals surface area contributed by atoms with Gasteiger partial charge in [-0.25, -0.2) is 0 Å². The summed E-state index contributed by atoms with van der Waals surface area (Å²) in [6, 6.07) is 9.42. The van der Waals surface area contributed by atoms with Crippen LogP contribution < -0.4 is 5.32 Å². The summed E-state index contributed by atoms with van der Waals surface area (Å²) < 4.78 is 0. The second-order valence-electron chi connectivity index (χ2n) is 5.49. The lowest BCUT2D eigenvalue weighted by atomic mass is 9.97. The first-order valence-corrected chi connectivity index (χ1v) is 6.54. The molecule has 1 saturated heterocycles. The normalized spacial score (nSPS) is 18.7. The highest BCUT2D eigenvalue weighted by Crippen LogP contribution is 2.18. The molecule has 2 rings (SSSR count).